The molecule has 1 atom stereocenters. The highest BCUT2D eigenvalue weighted by Crippen LogP contribution is 2.36. The van der Waals surface area contributed by atoms with E-state index in [4.69, 9.17) is 20.8 Å². The van der Waals surface area contributed by atoms with E-state index in [1.54, 1.807) is 13.0 Å². The standard InChI is InChI=1S/C21H15ClN2O3S/c1-13(20-23-24-21(27-20)14-7-3-2-4-8-14)26-18(25)12-11-17-19(22)15-9-5-6-10-16(15)28-17/h2-13H,1H3/b12-11+/t13-/m0/s1. The summed E-state index contributed by atoms with van der Waals surface area (Å²) in [7, 11) is 0. The van der Waals surface area contributed by atoms with Gasteiger partial charge in [0.25, 0.3) is 5.89 Å². The maximum Gasteiger partial charge on any atom is 0.331 e. The highest BCUT2D eigenvalue weighted by atomic mass is 35.5. The summed E-state index contributed by atoms with van der Waals surface area (Å²) in [6.45, 7) is 1.68. The lowest BCUT2D eigenvalue weighted by Crippen LogP contribution is -2.06. The second-order valence-corrected chi connectivity index (χ2v) is 7.46. The topological polar surface area (TPSA) is 65.2 Å². The quantitative estimate of drug-likeness (QED) is 0.301. The Labute approximate surface area is 170 Å². The molecule has 7 heteroatoms. The Morgan fingerprint density at radius 1 is 1.14 bits per heavy atom. The second kappa shape index (κ2) is 7.96. The van der Waals surface area contributed by atoms with Crippen LogP contribution in [0.2, 0.25) is 5.02 Å². The summed E-state index contributed by atoms with van der Waals surface area (Å²) in [5.74, 6) is 0.104. The molecule has 28 heavy (non-hydrogen) atoms. The number of esters is 1. The molecule has 2 aromatic carbocycles. The summed E-state index contributed by atoms with van der Waals surface area (Å²) >= 11 is 7.89. The van der Waals surface area contributed by atoms with E-state index in [1.807, 2.05) is 54.6 Å². The van der Waals surface area contributed by atoms with Crippen molar-refractivity contribution in [2.75, 3.05) is 0 Å². The number of carbonyl (C=O) groups excluding carboxylic acids is 1. The van der Waals surface area contributed by atoms with Gasteiger partial charge in [0.15, 0.2) is 6.10 Å². The van der Waals surface area contributed by atoms with Gasteiger partial charge in [-0.1, -0.05) is 48.0 Å². The van der Waals surface area contributed by atoms with Crippen LogP contribution >= 0.6 is 22.9 Å². The molecule has 0 bridgehead atoms. The SMILES string of the molecule is C[C@H](OC(=O)/C=C/c1sc2ccccc2c1Cl)c1nnc(-c2ccccc2)o1. The number of nitrogens with zero attached hydrogens (tertiary/aromatic N) is 2. The lowest BCUT2D eigenvalue weighted by molar-refractivity contribution is -0.143. The van der Waals surface area contributed by atoms with Crippen molar-refractivity contribution >= 4 is 45.1 Å². The fourth-order valence-corrected chi connectivity index (χ4v) is 4.04. The lowest BCUT2D eigenvalue weighted by Gasteiger charge is -2.06. The Balaban J connectivity index is 1.44. The molecule has 0 fully saturated rings. The molecule has 0 aliphatic heterocycles. The van der Waals surface area contributed by atoms with Crippen LogP contribution in [0.4, 0.5) is 0 Å². The molecule has 4 aromatic rings. The van der Waals surface area contributed by atoms with E-state index in [-0.39, 0.29) is 5.89 Å². The first-order valence-electron chi connectivity index (χ1n) is 8.56. The first-order valence-corrected chi connectivity index (χ1v) is 9.76. The van der Waals surface area contributed by atoms with E-state index in [0.717, 1.165) is 20.5 Å². The van der Waals surface area contributed by atoms with Crippen LogP contribution in [0, 0.1) is 0 Å². The number of fused-ring (bicyclic) bond motifs is 1. The highest BCUT2D eigenvalue weighted by molar-refractivity contribution is 7.20. The smallest absolute Gasteiger partial charge is 0.331 e. The third kappa shape index (κ3) is 3.83. The molecule has 0 aliphatic rings. The van der Waals surface area contributed by atoms with Gasteiger partial charge in [0.05, 0.1) is 5.02 Å². The lowest BCUT2D eigenvalue weighted by atomic mass is 10.2. The van der Waals surface area contributed by atoms with Crippen molar-refractivity contribution in [3.8, 4) is 11.5 Å². The number of carbonyl (C=O) groups is 1. The monoisotopic (exact) mass is 410 g/mol. The van der Waals surface area contributed by atoms with Crippen LogP contribution in [-0.2, 0) is 9.53 Å². The van der Waals surface area contributed by atoms with Crippen LogP contribution in [0.5, 0.6) is 0 Å². The average Bonchev–Trinajstić information content (AvgIpc) is 3.33. The van der Waals surface area contributed by atoms with Crippen LogP contribution in [0.1, 0.15) is 23.8 Å². The second-order valence-electron chi connectivity index (χ2n) is 6.00. The molecule has 0 saturated heterocycles. The Bertz CT molecular complexity index is 1150. The molecule has 4 rings (SSSR count). The van der Waals surface area contributed by atoms with Crippen molar-refractivity contribution in [1.82, 2.24) is 10.2 Å². The molecule has 0 saturated carbocycles. The summed E-state index contributed by atoms with van der Waals surface area (Å²) in [5, 5.41) is 9.57. The molecule has 0 unspecified atom stereocenters. The zero-order valence-electron chi connectivity index (χ0n) is 14.8. The van der Waals surface area contributed by atoms with Gasteiger partial charge < -0.3 is 9.15 Å². The Hall–Kier alpha value is -2.96. The number of thiophene rings is 1. The first kappa shape index (κ1) is 18.4. The zero-order chi connectivity index (χ0) is 19.5. The number of benzene rings is 2. The van der Waals surface area contributed by atoms with Crippen LogP contribution < -0.4 is 0 Å². The average molecular weight is 411 g/mol. The molecule has 2 aromatic heterocycles. The minimum atomic E-state index is -0.667. The Morgan fingerprint density at radius 2 is 1.89 bits per heavy atom. The van der Waals surface area contributed by atoms with Gasteiger partial charge in [-0.25, -0.2) is 4.79 Å². The number of ether oxygens (including phenoxy) is 1. The van der Waals surface area contributed by atoms with Crippen molar-refractivity contribution in [2.45, 2.75) is 13.0 Å². The fourth-order valence-electron chi connectivity index (χ4n) is 2.64. The third-order valence-corrected chi connectivity index (χ3v) is 5.69. The van der Waals surface area contributed by atoms with E-state index in [0.29, 0.717) is 10.9 Å². The summed E-state index contributed by atoms with van der Waals surface area (Å²) < 4.78 is 12.0. The largest absolute Gasteiger partial charge is 0.449 e. The molecule has 2 heterocycles. The summed E-state index contributed by atoms with van der Waals surface area (Å²) in [6, 6.07) is 17.2. The minimum absolute atomic E-state index is 0.237. The number of hydrogen-bond donors (Lipinski definition) is 0. The van der Waals surface area contributed by atoms with Crippen molar-refractivity contribution in [1.29, 1.82) is 0 Å². The van der Waals surface area contributed by atoms with Gasteiger partial charge >= 0.3 is 5.97 Å². The van der Waals surface area contributed by atoms with E-state index in [1.165, 1.54) is 17.4 Å². The van der Waals surface area contributed by atoms with Crippen molar-refractivity contribution in [2.24, 2.45) is 0 Å². The van der Waals surface area contributed by atoms with E-state index >= 15 is 0 Å². The Kier molecular flexibility index (Phi) is 5.23. The molecule has 0 amide bonds. The van der Waals surface area contributed by atoms with Gasteiger partial charge in [-0.3, -0.25) is 0 Å². The van der Waals surface area contributed by atoms with Gasteiger partial charge in [-0.05, 0) is 31.2 Å². The van der Waals surface area contributed by atoms with Gasteiger partial charge in [0.2, 0.25) is 5.89 Å². The number of aromatic nitrogens is 2. The van der Waals surface area contributed by atoms with E-state index < -0.39 is 12.1 Å². The van der Waals surface area contributed by atoms with Crippen LogP contribution in [0.25, 0.3) is 27.6 Å². The normalized spacial score (nSPS) is 12.5. The predicted molar refractivity (Wildman–Crippen MR) is 110 cm³/mol. The maximum absolute atomic E-state index is 12.2. The predicted octanol–water partition coefficient (Wildman–Crippen LogP) is 5.92. The van der Waals surface area contributed by atoms with Crippen LogP contribution in [-0.4, -0.2) is 16.2 Å². The number of hydrogen-bond acceptors (Lipinski definition) is 6. The molecule has 0 aliphatic carbocycles. The highest BCUT2D eigenvalue weighted by Gasteiger charge is 2.18. The molecule has 0 radical (unpaired) electrons. The van der Waals surface area contributed by atoms with Crippen LogP contribution in [0.3, 0.4) is 0 Å². The number of halogens is 1. The number of rotatable bonds is 5. The van der Waals surface area contributed by atoms with Crippen molar-refractivity contribution in [3.05, 3.63) is 76.5 Å². The molecular weight excluding hydrogens is 396 g/mol. The van der Waals surface area contributed by atoms with Crippen LogP contribution in [0.15, 0.2) is 65.1 Å². The van der Waals surface area contributed by atoms with Gasteiger partial charge in [0, 0.05) is 26.6 Å². The van der Waals surface area contributed by atoms with Gasteiger partial charge in [-0.15, -0.1) is 21.5 Å². The molecule has 5 nitrogen and oxygen atoms in total. The zero-order valence-corrected chi connectivity index (χ0v) is 16.4. The summed E-state index contributed by atoms with van der Waals surface area (Å²) in [5.41, 5.74) is 0.805. The maximum atomic E-state index is 12.2. The molecule has 0 N–H and O–H groups in total. The molecule has 0 spiro atoms. The third-order valence-electron chi connectivity index (χ3n) is 4.03. The summed E-state index contributed by atoms with van der Waals surface area (Å²) in [4.78, 5) is 13.0. The molecular formula is C21H15ClN2O3S. The summed E-state index contributed by atoms with van der Waals surface area (Å²) in [6.07, 6.45) is 2.34. The van der Waals surface area contributed by atoms with E-state index in [2.05, 4.69) is 10.2 Å². The van der Waals surface area contributed by atoms with Crippen molar-refractivity contribution < 1.29 is 13.9 Å². The fraction of sp³-hybridized carbons (Fsp3) is 0.0952. The van der Waals surface area contributed by atoms with Crippen molar-refractivity contribution in [3.63, 3.8) is 0 Å². The first-order chi connectivity index (χ1) is 13.6. The Morgan fingerprint density at radius 3 is 2.68 bits per heavy atom. The van der Waals surface area contributed by atoms with E-state index in [9.17, 15) is 4.79 Å². The van der Waals surface area contributed by atoms with Gasteiger partial charge in [0.1, 0.15) is 0 Å². The minimum Gasteiger partial charge on any atom is -0.449 e. The van der Waals surface area contributed by atoms with Gasteiger partial charge in [-0.2, -0.15) is 0 Å². The molecule has 140 valence electrons.